The lowest BCUT2D eigenvalue weighted by atomic mass is 9.99. The van der Waals surface area contributed by atoms with Gasteiger partial charge in [0, 0.05) is 22.4 Å². The quantitative estimate of drug-likeness (QED) is 0.286. The van der Waals surface area contributed by atoms with Gasteiger partial charge in [-0.25, -0.2) is 14.2 Å². The highest BCUT2D eigenvalue weighted by atomic mass is 35.5. The number of halogens is 2. The van der Waals surface area contributed by atoms with Crippen LogP contribution >= 0.6 is 11.6 Å². The lowest BCUT2D eigenvalue weighted by Gasteiger charge is -2.25. The molecule has 0 saturated heterocycles. The van der Waals surface area contributed by atoms with Crippen molar-refractivity contribution in [3.05, 3.63) is 130 Å². The molecule has 1 heterocycles. The largest absolute Gasteiger partial charge is 0.321 e. The van der Waals surface area contributed by atoms with E-state index < -0.39 is 23.9 Å². The number of hydrogen-bond donors (Lipinski definition) is 2. The fourth-order valence-corrected chi connectivity index (χ4v) is 4.67. The molecule has 9 heteroatoms. The number of fused-ring (bicyclic) bond motifs is 1. The van der Waals surface area contributed by atoms with Crippen LogP contribution in [0, 0.1) is 12.7 Å². The van der Waals surface area contributed by atoms with Crippen molar-refractivity contribution in [3.8, 4) is 0 Å². The van der Waals surface area contributed by atoms with Crippen molar-refractivity contribution in [3.63, 3.8) is 0 Å². The summed E-state index contributed by atoms with van der Waals surface area (Å²) in [6.45, 7) is 1.57. The van der Waals surface area contributed by atoms with Crippen LogP contribution in [0.4, 0.5) is 20.6 Å². The Hall–Kier alpha value is -4.82. The molecular weight excluding hydrogens is 531 g/mol. The Kier molecular flexibility index (Phi) is 7.70. The first-order valence-corrected chi connectivity index (χ1v) is 12.8. The van der Waals surface area contributed by atoms with E-state index in [-0.39, 0.29) is 23.0 Å². The molecule has 0 unspecified atom stereocenters. The second-order valence-electron chi connectivity index (χ2n) is 9.15. The van der Waals surface area contributed by atoms with Crippen LogP contribution in [0.5, 0.6) is 0 Å². The zero-order chi connectivity index (χ0) is 28.2. The van der Waals surface area contributed by atoms with E-state index in [9.17, 15) is 18.8 Å². The normalized spacial score (nSPS) is 14.6. The van der Waals surface area contributed by atoms with Gasteiger partial charge in [-0.15, -0.1) is 0 Å². The molecule has 1 aliphatic heterocycles. The van der Waals surface area contributed by atoms with Gasteiger partial charge in [-0.05, 0) is 36.8 Å². The van der Waals surface area contributed by atoms with Gasteiger partial charge >= 0.3 is 6.03 Å². The molecule has 4 aromatic rings. The standard InChI is InChI=1S/C31H24ClFN4O3/c1-19-9-5-6-12-22(19)27(38)18-37-26-14-8-7-13-23(26)28(20-10-3-2-4-11-20)35-29(30(37)39)36-31(40)34-21-15-16-25(33)24(32)17-21/h2-17,29H,18H2,1H3,(H2,34,36,40)/t29-/m1/s1. The lowest BCUT2D eigenvalue weighted by Crippen LogP contribution is -2.50. The molecule has 0 fully saturated rings. The summed E-state index contributed by atoms with van der Waals surface area (Å²) in [5, 5.41) is 5.00. The SMILES string of the molecule is Cc1ccccc1C(=O)CN1C(=O)[C@@H](NC(=O)Nc2ccc(F)c(Cl)c2)N=C(c2ccccc2)c2ccccc21. The Labute approximate surface area is 235 Å². The molecule has 3 amide bonds. The number of aliphatic imine (C=N–C) groups is 1. The maximum absolute atomic E-state index is 14.0. The summed E-state index contributed by atoms with van der Waals surface area (Å²) in [7, 11) is 0. The van der Waals surface area contributed by atoms with Crippen molar-refractivity contribution in [2.45, 2.75) is 13.1 Å². The van der Waals surface area contributed by atoms with Gasteiger partial charge in [0.15, 0.2) is 5.78 Å². The summed E-state index contributed by atoms with van der Waals surface area (Å²) in [6.07, 6.45) is -1.37. The van der Waals surface area contributed by atoms with Crippen LogP contribution in [0.15, 0.2) is 102 Å². The Morgan fingerprint density at radius 2 is 1.65 bits per heavy atom. The van der Waals surface area contributed by atoms with Crippen molar-refractivity contribution in [2.24, 2.45) is 4.99 Å². The number of ketones is 1. The molecule has 5 rings (SSSR count). The number of rotatable bonds is 6. The molecular formula is C31H24ClFN4O3. The number of benzene rings is 4. The van der Waals surface area contributed by atoms with Gasteiger partial charge in [0.1, 0.15) is 5.82 Å². The van der Waals surface area contributed by atoms with Crippen LogP contribution in [-0.4, -0.2) is 36.1 Å². The second-order valence-corrected chi connectivity index (χ2v) is 9.56. The van der Waals surface area contributed by atoms with E-state index in [0.717, 1.165) is 17.2 Å². The van der Waals surface area contributed by atoms with Crippen molar-refractivity contribution < 1.29 is 18.8 Å². The van der Waals surface area contributed by atoms with Crippen LogP contribution in [-0.2, 0) is 4.79 Å². The molecule has 7 nitrogen and oxygen atoms in total. The summed E-state index contributed by atoms with van der Waals surface area (Å²) in [4.78, 5) is 46.4. The molecule has 0 radical (unpaired) electrons. The number of nitrogens with zero attached hydrogens (tertiary/aromatic N) is 2. The number of benzodiazepines with no additional fused rings is 1. The van der Waals surface area contributed by atoms with Crippen molar-refractivity contribution in [2.75, 3.05) is 16.8 Å². The monoisotopic (exact) mass is 554 g/mol. The van der Waals surface area contributed by atoms with E-state index >= 15 is 0 Å². The van der Waals surface area contributed by atoms with Gasteiger partial charge in [0.2, 0.25) is 6.17 Å². The topological polar surface area (TPSA) is 90.9 Å². The molecule has 0 aromatic heterocycles. The Balaban J connectivity index is 1.53. The van der Waals surface area contributed by atoms with Crippen LogP contribution in [0.25, 0.3) is 0 Å². The Morgan fingerprint density at radius 3 is 2.40 bits per heavy atom. The number of amides is 3. The lowest BCUT2D eigenvalue weighted by molar-refractivity contribution is -0.120. The van der Waals surface area contributed by atoms with Gasteiger partial charge < -0.3 is 15.5 Å². The number of hydrogen-bond acceptors (Lipinski definition) is 4. The smallest absolute Gasteiger partial charge is 0.308 e. The fourth-order valence-electron chi connectivity index (χ4n) is 4.49. The number of Topliss-reactive ketones (excluding diaryl/α,β-unsaturated/α-hetero) is 1. The number of nitrogens with one attached hydrogen (secondary N) is 2. The van der Waals surface area contributed by atoms with E-state index in [2.05, 4.69) is 15.6 Å². The molecule has 1 aliphatic rings. The number of carbonyl (C=O) groups is 3. The van der Waals surface area contributed by atoms with E-state index in [1.54, 1.807) is 24.3 Å². The molecule has 40 heavy (non-hydrogen) atoms. The number of anilines is 2. The average Bonchev–Trinajstić information content (AvgIpc) is 3.06. The van der Waals surface area contributed by atoms with Crippen LogP contribution < -0.4 is 15.5 Å². The summed E-state index contributed by atoms with van der Waals surface area (Å²) < 4.78 is 13.6. The minimum absolute atomic E-state index is 0.163. The fraction of sp³-hybridized carbons (Fsp3) is 0.0968. The van der Waals surface area contributed by atoms with E-state index in [0.29, 0.717) is 22.5 Å². The van der Waals surface area contributed by atoms with Crippen LogP contribution in [0.3, 0.4) is 0 Å². The molecule has 0 bridgehead atoms. The van der Waals surface area contributed by atoms with Gasteiger partial charge in [-0.1, -0.05) is 84.4 Å². The maximum atomic E-state index is 14.0. The van der Waals surface area contributed by atoms with E-state index in [1.165, 1.54) is 17.0 Å². The minimum Gasteiger partial charge on any atom is -0.308 e. The van der Waals surface area contributed by atoms with E-state index in [4.69, 9.17) is 11.6 Å². The summed E-state index contributed by atoms with van der Waals surface area (Å²) >= 11 is 5.84. The Bertz CT molecular complexity index is 1640. The van der Waals surface area contributed by atoms with Gasteiger partial charge in [-0.3, -0.25) is 9.59 Å². The first-order valence-electron chi connectivity index (χ1n) is 12.5. The highest BCUT2D eigenvalue weighted by molar-refractivity contribution is 6.31. The summed E-state index contributed by atoms with van der Waals surface area (Å²) in [5.41, 5.74) is 3.85. The third-order valence-electron chi connectivity index (χ3n) is 6.45. The second kappa shape index (κ2) is 11.5. The van der Waals surface area contributed by atoms with Crippen LogP contribution in [0.1, 0.15) is 27.0 Å². The minimum atomic E-state index is -1.37. The molecule has 0 aliphatic carbocycles. The van der Waals surface area contributed by atoms with Gasteiger partial charge in [-0.2, -0.15) is 0 Å². The third-order valence-corrected chi connectivity index (χ3v) is 6.74. The molecule has 1 atom stereocenters. The molecule has 0 saturated carbocycles. The zero-order valence-electron chi connectivity index (χ0n) is 21.4. The van der Waals surface area contributed by atoms with E-state index in [1.807, 2.05) is 61.5 Å². The summed E-state index contributed by atoms with van der Waals surface area (Å²) in [5.74, 6) is -1.48. The maximum Gasteiger partial charge on any atom is 0.321 e. The Morgan fingerprint density at radius 1 is 0.950 bits per heavy atom. The average molecular weight is 555 g/mol. The third kappa shape index (κ3) is 5.62. The molecule has 2 N–H and O–H groups in total. The predicted octanol–water partition coefficient (Wildman–Crippen LogP) is 6.00. The van der Waals surface area contributed by atoms with Crippen molar-refractivity contribution in [1.29, 1.82) is 0 Å². The zero-order valence-corrected chi connectivity index (χ0v) is 22.2. The van der Waals surface area contributed by atoms with Gasteiger partial charge in [0.05, 0.1) is 23.0 Å². The highest BCUT2D eigenvalue weighted by Crippen LogP contribution is 2.29. The van der Waals surface area contributed by atoms with Crippen LogP contribution in [0.2, 0.25) is 5.02 Å². The number of carbonyl (C=O) groups excluding carboxylic acids is 3. The molecule has 4 aromatic carbocycles. The number of aryl methyl sites for hydroxylation is 1. The highest BCUT2D eigenvalue weighted by Gasteiger charge is 2.34. The van der Waals surface area contributed by atoms with Crippen molar-refractivity contribution in [1.82, 2.24) is 5.32 Å². The van der Waals surface area contributed by atoms with Gasteiger partial charge in [0.25, 0.3) is 5.91 Å². The number of urea groups is 1. The number of para-hydroxylation sites is 1. The van der Waals surface area contributed by atoms with Crippen molar-refractivity contribution >= 4 is 46.4 Å². The predicted molar refractivity (Wildman–Crippen MR) is 154 cm³/mol. The molecule has 0 spiro atoms. The first kappa shape index (κ1) is 26.8. The molecule has 200 valence electrons. The first-order chi connectivity index (χ1) is 19.3. The summed E-state index contributed by atoms with van der Waals surface area (Å²) in [6, 6.07) is 26.6.